The van der Waals surface area contributed by atoms with Gasteiger partial charge in [0.05, 0.1) is 17.7 Å². The van der Waals surface area contributed by atoms with Crippen LogP contribution in [0.4, 0.5) is 18.9 Å². The highest BCUT2D eigenvalue weighted by molar-refractivity contribution is 6.11. The Bertz CT molecular complexity index is 863. The summed E-state index contributed by atoms with van der Waals surface area (Å²) < 4.78 is 45.4. The summed E-state index contributed by atoms with van der Waals surface area (Å²) in [5.41, 5.74) is 0.796. The molecule has 0 unspecified atom stereocenters. The predicted octanol–water partition coefficient (Wildman–Crippen LogP) is 4.11. The number of aryl methyl sites for hydroxylation is 1. The molecule has 7 heteroatoms. The third-order valence-electron chi connectivity index (χ3n) is 4.53. The summed E-state index contributed by atoms with van der Waals surface area (Å²) in [6.45, 7) is 2.73. The number of likely N-dealkylation sites (N-methyl/N-ethyl adjacent to an activating group) is 1. The summed E-state index contributed by atoms with van der Waals surface area (Å²) in [7, 11) is 3.84. The first-order valence-corrected chi connectivity index (χ1v) is 8.57. The number of amides is 1. The van der Waals surface area contributed by atoms with Crippen molar-refractivity contribution in [2.45, 2.75) is 19.6 Å². The molecular formula is C20H21F3N2O2. The van der Waals surface area contributed by atoms with Gasteiger partial charge < -0.3 is 14.5 Å². The van der Waals surface area contributed by atoms with Gasteiger partial charge in [-0.3, -0.25) is 4.79 Å². The van der Waals surface area contributed by atoms with Gasteiger partial charge in [0.25, 0.3) is 5.91 Å². The average Bonchev–Trinajstić information content (AvgIpc) is 2.92. The summed E-state index contributed by atoms with van der Waals surface area (Å²) in [5.74, 6) is 0.118. The van der Waals surface area contributed by atoms with E-state index in [0.717, 1.165) is 11.6 Å². The second-order valence-corrected chi connectivity index (χ2v) is 6.83. The summed E-state index contributed by atoms with van der Waals surface area (Å²) >= 11 is 0. The van der Waals surface area contributed by atoms with Gasteiger partial charge in [-0.15, -0.1) is 0 Å². The molecule has 0 atom stereocenters. The zero-order valence-corrected chi connectivity index (χ0v) is 15.4. The van der Waals surface area contributed by atoms with E-state index in [1.165, 1.54) is 17.9 Å². The van der Waals surface area contributed by atoms with Crippen LogP contribution in [-0.2, 0) is 12.7 Å². The van der Waals surface area contributed by atoms with Crippen molar-refractivity contribution < 1.29 is 22.7 Å². The quantitative estimate of drug-likeness (QED) is 0.785. The molecule has 0 aliphatic carbocycles. The van der Waals surface area contributed by atoms with Crippen LogP contribution in [-0.4, -0.2) is 38.1 Å². The third kappa shape index (κ3) is 3.93. The molecule has 0 fully saturated rings. The van der Waals surface area contributed by atoms with E-state index in [0.29, 0.717) is 24.5 Å². The molecule has 1 heterocycles. The zero-order chi connectivity index (χ0) is 19.8. The second kappa shape index (κ2) is 7.23. The summed E-state index contributed by atoms with van der Waals surface area (Å²) in [4.78, 5) is 16.2. The normalized spacial score (nSPS) is 14.0. The van der Waals surface area contributed by atoms with Crippen LogP contribution in [0, 0.1) is 6.92 Å². The van der Waals surface area contributed by atoms with E-state index >= 15 is 0 Å². The maximum Gasteiger partial charge on any atom is 0.416 e. The number of halogens is 3. The third-order valence-corrected chi connectivity index (χ3v) is 4.53. The van der Waals surface area contributed by atoms with Crippen molar-refractivity contribution in [2.75, 3.05) is 32.1 Å². The molecule has 4 nitrogen and oxygen atoms in total. The fourth-order valence-electron chi connectivity index (χ4n) is 3.08. The average molecular weight is 378 g/mol. The number of carbonyl (C=O) groups is 1. The summed E-state index contributed by atoms with van der Waals surface area (Å²) in [5, 5.41) is 0. The Morgan fingerprint density at radius 1 is 1.19 bits per heavy atom. The first-order valence-electron chi connectivity index (χ1n) is 8.57. The highest BCUT2D eigenvalue weighted by Crippen LogP contribution is 2.38. The molecule has 0 aromatic heterocycles. The van der Waals surface area contributed by atoms with Crippen LogP contribution < -0.4 is 9.64 Å². The smallest absolute Gasteiger partial charge is 0.416 e. The number of ether oxygens (including phenoxy) is 1. The molecule has 0 saturated heterocycles. The van der Waals surface area contributed by atoms with Crippen molar-refractivity contribution in [3.05, 3.63) is 58.7 Å². The van der Waals surface area contributed by atoms with Gasteiger partial charge in [0.2, 0.25) is 0 Å². The lowest BCUT2D eigenvalue weighted by molar-refractivity contribution is -0.138. The Morgan fingerprint density at radius 2 is 1.93 bits per heavy atom. The van der Waals surface area contributed by atoms with E-state index in [-0.39, 0.29) is 23.7 Å². The monoisotopic (exact) mass is 378 g/mol. The van der Waals surface area contributed by atoms with E-state index in [4.69, 9.17) is 4.74 Å². The van der Waals surface area contributed by atoms with Gasteiger partial charge >= 0.3 is 6.18 Å². The number of carbonyl (C=O) groups excluding carboxylic acids is 1. The fourth-order valence-corrected chi connectivity index (χ4v) is 3.08. The van der Waals surface area contributed by atoms with Gasteiger partial charge in [0, 0.05) is 12.2 Å². The van der Waals surface area contributed by atoms with Crippen LogP contribution in [0.25, 0.3) is 0 Å². The Kier molecular flexibility index (Phi) is 5.15. The molecule has 0 N–H and O–H groups in total. The number of hydrogen-bond donors (Lipinski definition) is 0. The molecule has 144 valence electrons. The Morgan fingerprint density at radius 3 is 2.59 bits per heavy atom. The van der Waals surface area contributed by atoms with Crippen LogP contribution >= 0.6 is 0 Å². The number of alkyl halides is 3. The van der Waals surface area contributed by atoms with Gasteiger partial charge in [-0.2, -0.15) is 13.2 Å². The number of anilines is 1. The van der Waals surface area contributed by atoms with E-state index in [9.17, 15) is 18.0 Å². The molecule has 27 heavy (non-hydrogen) atoms. The molecule has 2 aromatic rings. The van der Waals surface area contributed by atoms with E-state index in [2.05, 4.69) is 0 Å². The topological polar surface area (TPSA) is 32.8 Å². The minimum absolute atomic E-state index is 0.128. The molecular weight excluding hydrogens is 357 g/mol. The lowest BCUT2D eigenvalue weighted by Gasteiger charge is -2.19. The van der Waals surface area contributed by atoms with Crippen molar-refractivity contribution in [2.24, 2.45) is 0 Å². The van der Waals surface area contributed by atoms with Crippen molar-refractivity contribution in [3.63, 3.8) is 0 Å². The Balaban J connectivity index is 1.90. The van der Waals surface area contributed by atoms with E-state index in [1.54, 1.807) is 24.3 Å². The first-order chi connectivity index (χ1) is 12.7. The van der Waals surface area contributed by atoms with Gasteiger partial charge in [-0.25, -0.2) is 0 Å². The van der Waals surface area contributed by atoms with Crippen LogP contribution in [0.3, 0.4) is 0 Å². The number of hydrogen-bond acceptors (Lipinski definition) is 3. The predicted molar refractivity (Wildman–Crippen MR) is 97.2 cm³/mol. The minimum Gasteiger partial charge on any atom is -0.491 e. The Hall–Kier alpha value is -2.54. The SMILES string of the molecule is Cc1ccc(N2Cc3cccc(OCCN(C)C)c3C2=O)cc1C(F)(F)F. The fraction of sp³-hybridized carbons (Fsp3) is 0.350. The van der Waals surface area contributed by atoms with Crippen molar-refractivity contribution in [1.82, 2.24) is 4.90 Å². The maximum atomic E-state index is 13.2. The number of nitrogens with zero attached hydrogens (tertiary/aromatic N) is 2. The molecule has 1 amide bonds. The maximum absolute atomic E-state index is 13.2. The van der Waals surface area contributed by atoms with Crippen molar-refractivity contribution >= 4 is 11.6 Å². The molecule has 2 aromatic carbocycles. The number of fused-ring (bicyclic) bond motifs is 1. The first kappa shape index (κ1) is 19.2. The molecule has 0 bridgehead atoms. The standard InChI is InChI=1S/C20H21F3N2O2/c1-13-7-8-15(11-16(13)20(21,22)23)25-12-14-5-4-6-17(18(14)19(25)26)27-10-9-24(2)3/h4-8,11H,9-10,12H2,1-3H3. The van der Waals surface area contributed by atoms with Crippen LogP contribution in [0.15, 0.2) is 36.4 Å². The van der Waals surface area contributed by atoms with Gasteiger partial charge in [0.15, 0.2) is 0 Å². The van der Waals surface area contributed by atoms with Crippen molar-refractivity contribution in [1.29, 1.82) is 0 Å². The Labute approximate surface area is 156 Å². The minimum atomic E-state index is -4.46. The highest BCUT2D eigenvalue weighted by Gasteiger charge is 2.36. The number of rotatable bonds is 5. The van der Waals surface area contributed by atoms with E-state index in [1.807, 2.05) is 19.0 Å². The van der Waals surface area contributed by atoms with Crippen molar-refractivity contribution in [3.8, 4) is 5.75 Å². The zero-order valence-electron chi connectivity index (χ0n) is 15.4. The molecule has 0 radical (unpaired) electrons. The van der Waals surface area contributed by atoms with Crippen LogP contribution in [0.5, 0.6) is 5.75 Å². The van der Waals surface area contributed by atoms with Gasteiger partial charge in [-0.1, -0.05) is 18.2 Å². The number of benzene rings is 2. The summed E-state index contributed by atoms with van der Waals surface area (Å²) in [6.07, 6.45) is -4.46. The highest BCUT2D eigenvalue weighted by atomic mass is 19.4. The molecule has 1 aliphatic rings. The molecule has 1 aliphatic heterocycles. The largest absolute Gasteiger partial charge is 0.491 e. The van der Waals surface area contributed by atoms with Gasteiger partial charge in [0.1, 0.15) is 12.4 Å². The lowest BCUT2D eigenvalue weighted by Crippen LogP contribution is -2.24. The summed E-state index contributed by atoms with van der Waals surface area (Å²) in [6, 6.07) is 9.27. The molecule has 0 saturated carbocycles. The van der Waals surface area contributed by atoms with Crippen LogP contribution in [0.1, 0.15) is 27.0 Å². The van der Waals surface area contributed by atoms with E-state index < -0.39 is 11.7 Å². The molecule has 0 spiro atoms. The van der Waals surface area contributed by atoms with Crippen LogP contribution in [0.2, 0.25) is 0 Å². The lowest BCUT2D eigenvalue weighted by atomic mass is 10.1. The molecule has 3 rings (SSSR count). The van der Waals surface area contributed by atoms with Gasteiger partial charge in [-0.05, 0) is 50.3 Å². The second-order valence-electron chi connectivity index (χ2n) is 6.83.